The number of fused-ring (bicyclic) bond motifs is 5. The molecule has 0 aromatic heterocycles. The third-order valence-electron chi connectivity index (χ3n) is 7.62. The van der Waals surface area contributed by atoms with Gasteiger partial charge in [-0.2, -0.15) is 0 Å². The van der Waals surface area contributed by atoms with Crippen molar-refractivity contribution in [1.82, 2.24) is 0 Å². The molecule has 0 aliphatic heterocycles. The maximum atomic E-state index is 9.86. The summed E-state index contributed by atoms with van der Waals surface area (Å²) in [6.45, 7) is 0. The van der Waals surface area contributed by atoms with Crippen molar-refractivity contribution >= 4 is 75.4 Å². The van der Waals surface area contributed by atoms with E-state index in [0.717, 1.165) is 0 Å². The summed E-state index contributed by atoms with van der Waals surface area (Å²) in [5.41, 5.74) is -2.82. The topological polar surface area (TPSA) is 0 Å². The van der Waals surface area contributed by atoms with E-state index in [-0.39, 0.29) is 10.8 Å². The molecule has 0 saturated heterocycles. The molecule has 0 amide bonds. The lowest BCUT2D eigenvalue weighted by atomic mass is 9.88. The molecule has 10 aromatic carbocycles. The Balaban J connectivity index is 1.48. The summed E-state index contributed by atoms with van der Waals surface area (Å²) in [7, 11) is 0. The summed E-state index contributed by atoms with van der Waals surface area (Å²) in [6, 6.07) is -21.7. The van der Waals surface area contributed by atoms with E-state index in [0.29, 0.717) is 0 Å². The van der Waals surface area contributed by atoms with E-state index in [1.165, 1.54) is 0 Å². The lowest BCUT2D eigenvalue weighted by molar-refractivity contribution is 1.68. The molecule has 0 unspecified atom stereocenters. The molecule has 0 N–H and O–H groups in total. The Morgan fingerprint density at radius 1 is 0.295 bits per heavy atom. The zero-order valence-corrected chi connectivity index (χ0v) is 22.0. The normalized spacial score (nSPS) is 20.4. The van der Waals surface area contributed by atoms with Gasteiger partial charge in [0.25, 0.3) is 0 Å². The third-order valence-corrected chi connectivity index (χ3v) is 7.62. The molecule has 10 rings (SSSR count). The highest BCUT2D eigenvalue weighted by atomic mass is 14.2. The van der Waals surface area contributed by atoms with Crippen LogP contribution >= 0.6 is 0 Å². The summed E-state index contributed by atoms with van der Waals surface area (Å²) < 4.78 is 235. The van der Waals surface area contributed by atoms with Gasteiger partial charge in [0, 0.05) is 0 Å². The van der Waals surface area contributed by atoms with Gasteiger partial charge in [-0.25, -0.2) is 0 Å². The van der Waals surface area contributed by atoms with Gasteiger partial charge in [-0.3, -0.25) is 0 Å². The van der Waals surface area contributed by atoms with Crippen LogP contribution in [0.15, 0.2) is 157 Å². The van der Waals surface area contributed by atoms with E-state index in [4.69, 9.17) is 20.6 Å². The smallest absolute Gasteiger partial charge is 0.0616 e. The zero-order valence-electron chi connectivity index (χ0n) is 48.0. The van der Waals surface area contributed by atoms with Gasteiger partial charge in [-0.1, -0.05) is 139 Å². The van der Waals surface area contributed by atoms with Gasteiger partial charge in [0.05, 0.1) is 35.6 Å². The molecule has 0 heterocycles. The van der Waals surface area contributed by atoms with Crippen LogP contribution in [-0.2, 0) is 0 Å². The van der Waals surface area contributed by atoms with Crippen molar-refractivity contribution in [2.45, 2.75) is 0 Å². The number of hydrogen-bond acceptors (Lipinski definition) is 0. The second-order valence-electron chi connectivity index (χ2n) is 10.0. The molecule has 0 bridgehead atoms. The highest BCUT2D eigenvalue weighted by Crippen LogP contribution is 2.42. The Morgan fingerprint density at radius 3 is 1.75 bits per heavy atom. The van der Waals surface area contributed by atoms with Crippen LogP contribution in [0, 0.1) is 0 Å². The van der Waals surface area contributed by atoms with Crippen molar-refractivity contribution in [3.05, 3.63) is 157 Å². The van der Waals surface area contributed by atoms with Gasteiger partial charge < -0.3 is 0 Å². The number of hydrogen-bond donors (Lipinski definition) is 0. The van der Waals surface area contributed by atoms with Crippen LogP contribution in [0.4, 0.5) is 0 Å². The molecule has 0 aliphatic rings. The Kier molecular flexibility index (Phi) is 2.00. The molecule has 0 fully saturated rings. The average molecular weight is 581 g/mol. The first-order valence-corrected chi connectivity index (χ1v) is 13.2. The quantitative estimate of drug-likeness (QED) is 0.141. The molecular weight excluding hydrogens is 528 g/mol. The molecule has 44 heavy (non-hydrogen) atoms. The maximum absolute atomic E-state index is 9.86. The van der Waals surface area contributed by atoms with Crippen molar-refractivity contribution in [3.8, 4) is 22.3 Å². The van der Waals surface area contributed by atoms with Crippen molar-refractivity contribution in [3.63, 3.8) is 0 Å². The van der Waals surface area contributed by atoms with E-state index in [2.05, 4.69) is 0 Å². The lowest BCUT2D eigenvalue weighted by Gasteiger charge is -2.16. The fraction of sp³-hybridized carbons (Fsp3) is 0. The molecule has 0 saturated carbocycles. The monoisotopic (exact) mass is 580 g/mol. The van der Waals surface area contributed by atoms with Crippen LogP contribution in [0.2, 0.25) is 0 Å². The fourth-order valence-corrected chi connectivity index (χ4v) is 5.69. The number of rotatable bonds is 2. The molecule has 0 nitrogen and oxygen atoms in total. The minimum Gasteiger partial charge on any atom is -0.0616 e. The minimum atomic E-state index is -0.976. The standard InChI is InChI=1S/C44H26/c1-3-10-36-28(6-1)18-22-40-41(36)26-32-7-2-4-11-38(32)43(40)34-17-13-27-12-16-33(24-35(27)25-34)37-21-19-31-15-14-29-8-5-9-30-20-23-39(37)44(31)42(29)30/h1-26H/i1D,2D,3D,4D,5D,6D,7D,8D,9D,10D,11D,12D,13D,14D,15D,16D,17D,18D,19D,20D,21D,22D,23D,24D,25D,26D. The van der Waals surface area contributed by atoms with Gasteiger partial charge >= 0.3 is 0 Å². The first kappa shape index (κ1) is 9.91. The molecule has 0 heteroatoms. The van der Waals surface area contributed by atoms with Crippen LogP contribution in [0.25, 0.3) is 97.7 Å². The van der Waals surface area contributed by atoms with Crippen molar-refractivity contribution in [2.75, 3.05) is 0 Å². The summed E-state index contributed by atoms with van der Waals surface area (Å²) in [4.78, 5) is 0. The predicted molar refractivity (Wildman–Crippen MR) is 191 cm³/mol. The Bertz CT molecular complexity index is 4210. The second-order valence-corrected chi connectivity index (χ2v) is 10.0. The van der Waals surface area contributed by atoms with Gasteiger partial charge in [-0.05, 0) is 116 Å². The van der Waals surface area contributed by atoms with Gasteiger partial charge in [-0.15, -0.1) is 0 Å². The highest BCUT2D eigenvalue weighted by molar-refractivity contribution is 6.26. The molecule has 0 spiro atoms. The van der Waals surface area contributed by atoms with E-state index >= 15 is 0 Å². The Hall–Kier alpha value is -5.72. The molecule has 0 radical (unpaired) electrons. The fourth-order valence-electron chi connectivity index (χ4n) is 5.69. The second kappa shape index (κ2) is 8.89. The highest BCUT2D eigenvalue weighted by Gasteiger charge is 2.15. The van der Waals surface area contributed by atoms with Crippen molar-refractivity contribution in [1.29, 1.82) is 0 Å². The maximum Gasteiger partial charge on any atom is 0.0636 e. The van der Waals surface area contributed by atoms with Crippen LogP contribution in [-0.4, -0.2) is 0 Å². The average Bonchev–Trinajstić information content (AvgIpc) is 3.31. The largest absolute Gasteiger partial charge is 0.0636 e. The first-order valence-electron chi connectivity index (χ1n) is 26.2. The molecule has 0 aliphatic carbocycles. The predicted octanol–water partition coefficient (Wildman–Crippen LogP) is 12.5. The Labute approximate surface area is 291 Å². The zero-order chi connectivity index (χ0) is 51.4. The minimum absolute atomic E-state index is 0.257. The van der Waals surface area contributed by atoms with E-state index in [1.54, 1.807) is 0 Å². The number of benzene rings is 10. The van der Waals surface area contributed by atoms with Gasteiger partial charge in [0.2, 0.25) is 0 Å². The lowest BCUT2D eigenvalue weighted by Crippen LogP contribution is -1.89. The van der Waals surface area contributed by atoms with E-state index < -0.39 is 244 Å². The van der Waals surface area contributed by atoms with Crippen LogP contribution in [0.3, 0.4) is 0 Å². The molecule has 10 aromatic rings. The van der Waals surface area contributed by atoms with Gasteiger partial charge in [0.15, 0.2) is 0 Å². The van der Waals surface area contributed by atoms with Crippen LogP contribution < -0.4 is 0 Å². The van der Waals surface area contributed by atoms with Crippen molar-refractivity contribution < 1.29 is 35.6 Å². The van der Waals surface area contributed by atoms with E-state index in [1.807, 2.05) is 0 Å². The first-order chi connectivity index (χ1) is 32.7. The third kappa shape index (κ3) is 3.34. The summed E-state index contributed by atoms with van der Waals surface area (Å²) in [5, 5.41) is -7.11. The van der Waals surface area contributed by atoms with E-state index in [9.17, 15) is 15.1 Å². The Morgan fingerprint density at radius 2 is 0.886 bits per heavy atom. The molecule has 0 atom stereocenters. The van der Waals surface area contributed by atoms with Crippen molar-refractivity contribution in [2.24, 2.45) is 0 Å². The van der Waals surface area contributed by atoms with Gasteiger partial charge in [0.1, 0.15) is 0 Å². The molecular formula is C44H26. The molecule has 202 valence electrons. The van der Waals surface area contributed by atoms with Crippen LogP contribution in [0.5, 0.6) is 0 Å². The van der Waals surface area contributed by atoms with Crippen LogP contribution in [0.1, 0.15) is 35.6 Å². The SMILES string of the molecule is [2H]c1c(-c2c3c([2H])c([2H])c([2H])c([2H])c3c([2H])c3c2c([2H])c([2H])c2c([2H])c([2H])c([2H])c([2H])c23)c([2H])c2c([2H])c(-c3c([2H])c([2H])c4c([2H])c([2H])c5c([2H])c([2H])c([2H])c6c([2H])c([2H])c3c4c56)c([2H])c([2H])c2c1[2H]. The summed E-state index contributed by atoms with van der Waals surface area (Å²) >= 11 is 0. The summed E-state index contributed by atoms with van der Waals surface area (Å²) in [6.07, 6.45) is 0. The summed E-state index contributed by atoms with van der Waals surface area (Å²) in [5.74, 6) is 0.